The van der Waals surface area contributed by atoms with Crippen molar-refractivity contribution in [2.45, 2.75) is 27.7 Å². The van der Waals surface area contributed by atoms with Crippen LogP contribution in [0.4, 0.5) is 0 Å². The summed E-state index contributed by atoms with van der Waals surface area (Å²) < 4.78 is 1.68. The summed E-state index contributed by atoms with van der Waals surface area (Å²) in [4.78, 5) is 4.23. The van der Waals surface area contributed by atoms with E-state index >= 15 is 0 Å². The third-order valence-corrected chi connectivity index (χ3v) is 2.87. The van der Waals surface area contributed by atoms with Gasteiger partial charge in [-0.25, -0.2) is 4.98 Å². The zero-order valence-corrected chi connectivity index (χ0v) is 10.4. The number of aryl methyl sites for hydroxylation is 2. The molecule has 0 saturated heterocycles. The normalized spacial score (nSPS) is 10.8. The van der Waals surface area contributed by atoms with Crippen molar-refractivity contribution in [2.75, 3.05) is 0 Å². The summed E-state index contributed by atoms with van der Waals surface area (Å²) in [6.07, 6.45) is 0. The largest absolute Gasteiger partial charge is 0.217 e. The van der Waals surface area contributed by atoms with Gasteiger partial charge in [0.25, 0.3) is 0 Å². The van der Waals surface area contributed by atoms with Crippen molar-refractivity contribution in [1.82, 2.24) is 25.0 Å². The Morgan fingerprint density at radius 3 is 2.25 bits per heavy atom. The molecule has 2 aromatic heterocycles. The van der Waals surface area contributed by atoms with E-state index in [2.05, 4.69) is 20.3 Å². The van der Waals surface area contributed by atoms with Crippen molar-refractivity contribution in [2.24, 2.45) is 0 Å². The van der Waals surface area contributed by atoms with Crippen LogP contribution in [0.15, 0.2) is 0 Å². The molecule has 16 heavy (non-hydrogen) atoms. The van der Waals surface area contributed by atoms with Gasteiger partial charge in [0.15, 0.2) is 11.0 Å². The van der Waals surface area contributed by atoms with Gasteiger partial charge in [0.05, 0.1) is 0 Å². The molecule has 0 radical (unpaired) electrons. The Morgan fingerprint density at radius 1 is 1.00 bits per heavy atom. The number of rotatable bonds is 1. The highest BCUT2D eigenvalue weighted by atomic mass is 35.5. The van der Waals surface area contributed by atoms with Gasteiger partial charge in [-0.15, -0.1) is 15.3 Å². The zero-order chi connectivity index (χ0) is 11.9. The molecule has 0 amide bonds. The van der Waals surface area contributed by atoms with Gasteiger partial charge in [-0.3, -0.25) is 0 Å². The lowest BCUT2D eigenvalue weighted by Crippen LogP contribution is -2.07. The first-order valence-electron chi connectivity index (χ1n) is 4.90. The zero-order valence-electron chi connectivity index (χ0n) is 9.61. The van der Waals surface area contributed by atoms with Gasteiger partial charge >= 0.3 is 0 Å². The maximum Gasteiger partial charge on any atom is 0.181 e. The molecule has 0 bridgehead atoms. The summed E-state index contributed by atoms with van der Waals surface area (Å²) in [6.45, 7) is 7.58. The molecule has 0 atom stereocenters. The van der Waals surface area contributed by atoms with Gasteiger partial charge in [-0.05, 0) is 33.3 Å². The standard InChI is InChI=1S/C10H12ClN5/c1-5-6(2)10(14-13-9(5)11)16-8(4)12-7(3)15-16/h1-4H3. The molecule has 0 aromatic carbocycles. The molecule has 2 heterocycles. The fourth-order valence-corrected chi connectivity index (χ4v) is 1.67. The van der Waals surface area contributed by atoms with Crippen LogP contribution >= 0.6 is 11.6 Å². The van der Waals surface area contributed by atoms with Crippen LogP contribution in [0, 0.1) is 27.7 Å². The van der Waals surface area contributed by atoms with Crippen LogP contribution in [-0.2, 0) is 0 Å². The predicted molar refractivity (Wildman–Crippen MR) is 60.9 cm³/mol. The molecule has 2 rings (SSSR count). The summed E-state index contributed by atoms with van der Waals surface area (Å²) in [7, 11) is 0. The lowest BCUT2D eigenvalue weighted by atomic mass is 10.2. The minimum atomic E-state index is 0.427. The molecule has 0 aliphatic carbocycles. The second-order valence-electron chi connectivity index (χ2n) is 3.68. The Bertz CT molecular complexity index is 546. The molecule has 0 N–H and O–H groups in total. The van der Waals surface area contributed by atoms with Gasteiger partial charge < -0.3 is 0 Å². The number of aromatic nitrogens is 5. The first-order valence-corrected chi connectivity index (χ1v) is 5.28. The quantitative estimate of drug-likeness (QED) is 0.761. The molecule has 0 unspecified atom stereocenters. The van der Waals surface area contributed by atoms with E-state index in [1.165, 1.54) is 0 Å². The molecule has 6 heteroatoms. The van der Waals surface area contributed by atoms with Crippen molar-refractivity contribution in [3.8, 4) is 5.82 Å². The smallest absolute Gasteiger partial charge is 0.181 e. The van der Waals surface area contributed by atoms with E-state index in [1.54, 1.807) is 4.68 Å². The molecule has 0 spiro atoms. The number of hydrogen-bond acceptors (Lipinski definition) is 4. The molecule has 0 aliphatic heterocycles. The third-order valence-electron chi connectivity index (χ3n) is 2.52. The maximum atomic E-state index is 5.90. The van der Waals surface area contributed by atoms with Crippen LogP contribution in [0.25, 0.3) is 5.82 Å². The lowest BCUT2D eigenvalue weighted by Gasteiger charge is -2.08. The molecular formula is C10H12ClN5. The van der Waals surface area contributed by atoms with E-state index in [9.17, 15) is 0 Å². The molecule has 2 aromatic rings. The van der Waals surface area contributed by atoms with Crippen LogP contribution < -0.4 is 0 Å². The van der Waals surface area contributed by atoms with Crippen LogP contribution in [0.5, 0.6) is 0 Å². The van der Waals surface area contributed by atoms with Crippen LogP contribution in [-0.4, -0.2) is 25.0 Å². The van der Waals surface area contributed by atoms with Crippen LogP contribution in [0.2, 0.25) is 5.15 Å². The van der Waals surface area contributed by atoms with Gasteiger partial charge in [0.2, 0.25) is 0 Å². The second kappa shape index (κ2) is 3.83. The first kappa shape index (κ1) is 11.0. The van der Waals surface area contributed by atoms with Crippen molar-refractivity contribution < 1.29 is 0 Å². The van der Waals surface area contributed by atoms with Crippen LogP contribution in [0.1, 0.15) is 22.8 Å². The first-order chi connectivity index (χ1) is 7.50. The Morgan fingerprint density at radius 2 is 1.69 bits per heavy atom. The minimum Gasteiger partial charge on any atom is -0.217 e. The van der Waals surface area contributed by atoms with E-state index in [1.807, 2.05) is 27.7 Å². The maximum absolute atomic E-state index is 5.90. The third kappa shape index (κ3) is 1.67. The highest BCUT2D eigenvalue weighted by Gasteiger charge is 2.13. The second-order valence-corrected chi connectivity index (χ2v) is 4.04. The van der Waals surface area contributed by atoms with Crippen molar-refractivity contribution in [1.29, 1.82) is 0 Å². The Balaban J connectivity index is 2.65. The molecule has 0 fully saturated rings. The summed E-state index contributed by atoms with van der Waals surface area (Å²) in [5.74, 6) is 2.18. The SMILES string of the molecule is Cc1nc(C)n(-c2nnc(Cl)c(C)c2C)n1. The van der Waals surface area contributed by atoms with E-state index in [0.29, 0.717) is 16.8 Å². The van der Waals surface area contributed by atoms with Gasteiger partial charge in [-0.1, -0.05) is 11.6 Å². The topological polar surface area (TPSA) is 56.5 Å². The molecule has 0 saturated carbocycles. The summed E-state index contributed by atoms with van der Waals surface area (Å²) in [6, 6.07) is 0. The highest BCUT2D eigenvalue weighted by molar-refractivity contribution is 6.30. The van der Waals surface area contributed by atoms with Gasteiger partial charge in [-0.2, -0.15) is 4.68 Å². The molecule has 5 nitrogen and oxygen atoms in total. The minimum absolute atomic E-state index is 0.427. The van der Waals surface area contributed by atoms with Crippen molar-refractivity contribution in [3.63, 3.8) is 0 Å². The van der Waals surface area contributed by atoms with Gasteiger partial charge in [0.1, 0.15) is 11.6 Å². The van der Waals surface area contributed by atoms with Gasteiger partial charge in [0, 0.05) is 5.56 Å². The fourth-order valence-electron chi connectivity index (χ4n) is 1.49. The monoisotopic (exact) mass is 237 g/mol. The average molecular weight is 238 g/mol. The highest BCUT2D eigenvalue weighted by Crippen LogP contribution is 2.20. The summed E-state index contributed by atoms with van der Waals surface area (Å²) in [5.41, 5.74) is 1.88. The lowest BCUT2D eigenvalue weighted by molar-refractivity contribution is 0.768. The van der Waals surface area contributed by atoms with Crippen molar-refractivity contribution >= 4 is 11.6 Å². The number of nitrogens with zero attached hydrogens (tertiary/aromatic N) is 5. The van der Waals surface area contributed by atoms with Crippen LogP contribution in [0.3, 0.4) is 0 Å². The molecule has 0 aliphatic rings. The summed E-state index contributed by atoms with van der Waals surface area (Å²) >= 11 is 5.90. The Kier molecular flexibility index (Phi) is 2.63. The Hall–Kier alpha value is -1.49. The summed E-state index contributed by atoms with van der Waals surface area (Å²) in [5, 5.41) is 12.7. The van der Waals surface area contributed by atoms with E-state index < -0.39 is 0 Å². The average Bonchev–Trinajstić information content (AvgIpc) is 2.55. The molecule has 84 valence electrons. The fraction of sp³-hybridized carbons (Fsp3) is 0.400. The number of hydrogen-bond donors (Lipinski definition) is 0. The Labute approximate surface area is 98.5 Å². The van der Waals surface area contributed by atoms with Crippen molar-refractivity contribution in [3.05, 3.63) is 27.9 Å². The van der Waals surface area contributed by atoms with E-state index in [4.69, 9.17) is 11.6 Å². The van der Waals surface area contributed by atoms with E-state index in [0.717, 1.165) is 17.0 Å². The van der Waals surface area contributed by atoms with E-state index in [-0.39, 0.29) is 0 Å². The predicted octanol–water partition coefficient (Wildman–Crippen LogP) is 1.94. The molecular weight excluding hydrogens is 226 g/mol. The number of halogens is 1.